The molecule has 0 atom stereocenters. The topological polar surface area (TPSA) is 37.8 Å². The summed E-state index contributed by atoms with van der Waals surface area (Å²) in [7, 11) is 1.85. The van der Waals surface area contributed by atoms with E-state index in [0.717, 1.165) is 28.2 Å². The first kappa shape index (κ1) is 14.9. The molecular formula is C16H21N3. The van der Waals surface area contributed by atoms with Crippen LogP contribution in [-0.2, 0) is 0 Å². The van der Waals surface area contributed by atoms with Gasteiger partial charge in [-0.15, -0.1) is 0 Å². The number of aryl methyl sites for hydroxylation is 1. The van der Waals surface area contributed by atoms with E-state index in [1.807, 2.05) is 46.1 Å². The fourth-order valence-electron chi connectivity index (χ4n) is 1.78. The molecular weight excluding hydrogens is 234 g/mol. The summed E-state index contributed by atoms with van der Waals surface area (Å²) in [6.07, 6.45) is 5.44. The highest BCUT2D eigenvalue weighted by molar-refractivity contribution is 5.72. The van der Waals surface area contributed by atoms with E-state index in [1.165, 1.54) is 0 Å². The van der Waals surface area contributed by atoms with Crippen LogP contribution in [0.5, 0.6) is 0 Å². The molecule has 0 amide bonds. The van der Waals surface area contributed by atoms with Gasteiger partial charge in [-0.05, 0) is 19.1 Å². The summed E-state index contributed by atoms with van der Waals surface area (Å²) in [5, 5.41) is 3.04. The summed E-state index contributed by atoms with van der Waals surface area (Å²) in [6.45, 7) is 9.80. The summed E-state index contributed by atoms with van der Waals surface area (Å²) >= 11 is 0. The molecule has 3 heteroatoms. The highest BCUT2D eigenvalue weighted by atomic mass is 15.0. The number of anilines is 1. The monoisotopic (exact) mass is 255 g/mol. The Hall–Kier alpha value is -2.16. The second-order valence-corrected chi connectivity index (χ2v) is 3.75. The number of rotatable bonds is 3. The first-order valence-corrected chi connectivity index (χ1v) is 6.48. The van der Waals surface area contributed by atoms with Crippen molar-refractivity contribution in [2.24, 2.45) is 0 Å². The minimum absolute atomic E-state index is 0.838. The largest absolute Gasteiger partial charge is 0.373 e. The molecule has 0 bridgehead atoms. The minimum atomic E-state index is 0.838. The van der Waals surface area contributed by atoms with E-state index < -0.39 is 0 Å². The summed E-state index contributed by atoms with van der Waals surface area (Å²) < 4.78 is 0. The number of hydrogen-bond donors (Lipinski definition) is 1. The highest BCUT2D eigenvalue weighted by Gasteiger charge is 2.05. The number of aromatic nitrogens is 2. The van der Waals surface area contributed by atoms with Gasteiger partial charge in [0.25, 0.3) is 0 Å². The third kappa shape index (κ3) is 3.41. The average Bonchev–Trinajstić information content (AvgIpc) is 2.49. The Labute approximate surface area is 115 Å². The normalized spacial score (nSPS) is 9.26. The molecule has 0 aliphatic heterocycles. The van der Waals surface area contributed by atoms with Crippen LogP contribution in [0.3, 0.4) is 0 Å². The van der Waals surface area contributed by atoms with Crippen molar-refractivity contribution in [1.82, 2.24) is 9.97 Å². The van der Waals surface area contributed by atoms with Crippen LogP contribution in [0.15, 0.2) is 37.2 Å². The van der Waals surface area contributed by atoms with Crippen molar-refractivity contribution in [3.05, 3.63) is 48.4 Å². The molecule has 3 nitrogen and oxygen atoms in total. The molecule has 2 aromatic heterocycles. The standard InChI is InChI=1S/C14H15N3.C2H6/c1-4-11-8-12(9-17-14(11)15-3)13-6-5-7-16-10(13)2;1-2/h4-9H,1H2,2-3H3,(H,15,17);1-2H3. The molecule has 0 unspecified atom stereocenters. The van der Waals surface area contributed by atoms with Gasteiger partial charge in [-0.1, -0.05) is 32.6 Å². The Morgan fingerprint density at radius 1 is 1.26 bits per heavy atom. The SMILES string of the molecule is C=Cc1cc(-c2cccnc2C)cnc1NC.CC. The molecule has 0 aliphatic carbocycles. The Bertz CT molecular complexity index is 547. The quantitative estimate of drug-likeness (QED) is 0.894. The summed E-state index contributed by atoms with van der Waals surface area (Å²) in [4.78, 5) is 8.66. The molecule has 0 radical (unpaired) electrons. The van der Waals surface area contributed by atoms with Crippen LogP contribution < -0.4 is 5.32 Å². The third-order valence-corrected chi connectivity index (χ3v) is 2.69. The van der Waals surface area contributed by atoms with Crippen molar-refractivity contribution in [1.29, 1.82) is 0 Å². The zero-order valence-corrected chi connectivity index (χ0v) is 12.1. The Morgan fingerprint density at radius 3 is 2.58 bits per heavy atom. The summed E-state index contributed by atoms with van der Waals surface area (Å²) in [5.41, 5.74) is 4.16. The first-order valence-electron chi connectivity index (χ1n) is 6.48. The van der Waals surface area contributed by atoms with Gasteiger partial charge in [0.15, 0.2) is 0 Å². The van der Waals surface area contributed by atoms with Gasteiger partial charge < -0.3 is 5.32 Å². The van der Waals surface area contributed by atoms with Gasteiger partial charge in [-0.2, -0.15) is 0 Å². The van der Waals surface area contributed by atoms with Gasteiger partial charge >= 0.3 is 0 Å². The van der Waals surface area contributed by atoms with Crippen LogP contribution in [-0.4, -0.2) is 17.0 Å². The number of nitrogens with zero attached hydrogens (tertiary/aromatic N) is 2. The van der Waals surface area contributed by atoms with E-state index in [-0.39, 0.29) is 0 Å². The van der Waals surface area contributed by atoms with Crippen molar-refractivity contribution in [3.8, 4) is 11.1 Å². The van der Waals surface area contributed by atoms with Gasteiger partial charge in [0.05, 0.1) is 0 Å². The van der Waals surface area contributed by atoms with Gasteiger partial charge in [0.2, 0.25) is 0 Å². The maximum Gasteiger partial charge on any atom is 0.132 e. The lowest BCUT2D eigenvalue weighted by atomic mass is 10.0. The molecule has 2 heterocycles. The van der Waals surface area contributed by atoms with Crippen LogP contribution in [0.1, 0.15) is 25.1 Å². The van der Waals surface area contributed by atoms with Crippen LogP contribution in [0, 0.1) is 6.92 Å². The zero-order valence-electron chi connectivity index (χ0n) is 12.1. The molecule has 0 aromatic carbocycles. The average molecular weight is 255 g/mol. The first-order chi connectivity index (χ1) is 9.26. The maximum absolute atomic E-state index is 4.38. The molecule has 2 aromatic rings. The molecule has 0 saturated heterocycles. The van der Waals surface area contributed by atoms with Gasteiger partial charge in [-0.3, -0.25) is 4.98 Å². The van der Waals surface area contributed by atoms with Crippen molar-refractivity contribution < 1.29 is 0 Å². The minimum Gasteiger partial charge on any atom is -0.373 e. The third-order valence-electron chi connectivity index (χ3n) is 2.69. The number of hydrogen-bond acceptors (Lipinski definition) is 3. The van der Waals surface area contributed by atoms with Crippen LogP contribution in [0.2, 0.25) is 0 Å². The van der Waals surface area contributed by atoms with Crippen molar-refractivity contribution >= 4 is 11.9 Å². The van der Waals surface area contributed by atoms with Crippen molar-refractivity contribution in [2.75, 3.05) is 12.4 Å². The Kier molecular flexibility index (Phi) is 5.73. The molecule has 0 spiro atoms. The van der Waals surface area contributed by atoms with Gasteiger partial charge in [-0.25, -0.2) is 4.98 Å². The lowest BCUT2D eigenvalue weighted by Crippen LogP contribution is -1.96. The molecule has 0 saturated carbocycles. The van der Waals surface area contributed by atoms with E-state index in [2.05, 4.69) is 27.9 Å². The summed E-state index contributed by atoms with van der Waals surface area (Å²) in [5.74, 6) is 0.838. The van der Waals surface area contributed by atoms with E-state index >= 15 is 0 Å². The van der Waals surface area contributed by atoms with E-state index in [0.29, 0.717) is 0 Å². The fraction of sp³-hybridized carbons (Fsp3) is 0.250. The number of nitrogens with one attached hydrogen (secondary N) is 1. The molecule has 1 N–H and O–H groups in total. The smallest absolute Gasteiger partial charge is 0.132 e. The molecule has 0 fully saturated rings. The van der Waals surface area contributed by atoms with Crippen molar-refractivity contribution in [3.63, 3.8) is 0 Å². The molecule has 100 valence electrons. The second kappa shape index (κ2) is 7.31. The van der Waals surface area contributed by atoms with Gasteiger partial charge in [0.1, 0.15) is 5.82 Å². The lowest BCUT2D eigenvalue weighted by molar-refractivity contribution is 1.19. The van der Waals surface area contributed by atoms with Crippen molar-refractivity contribution in [2.45, 2.75) is 20.8 Å². The second-order valence-electron chi connectivity index (χ2n) is 3.75. The van der Waals surface area contributed by atoms with E-state index in [9.17, 15) is 0 Å². The Morgan fingerprint density at radius 2 is 2.00 bits per heavy atom. The van der Waals surface area contributed by atoms with Gasteiger partial charge in [0, 0.05) is 41.8 Å². The predicted octanol–water partition coefficient (Wildman–Crippen LogP) is 4.16. The molecule has 0 aliphatic rings. The summed E-state index contributed by atoms with van der Waals surface area (Å²) in [6, 6.07) is 6.04. The fourth-order valence-corrected chi connectivity index (χ4v) is 1.78. The van der Waals surface area contributed by atoms with Crippen LogP contribution in [0.4, 0.5) is 5.82 Å². The van der Waals surface area contributed by atoms with E-state index in [1.54, 1.807) is 12.3 Å². The Balaban J connectivity index is 0.000000861. The van der Waals surface area contributed by atoms with Crippen LogP contribution in [0.25, 0.3) is 17.2 Å². The number of pyridine rings is 2. The zero-order chi connectivity index (χ0) is 14.3. The molecule has 19 heavy (non-hydrogen) atoms. The lowest BCUT2D eigenvalue weighted by Gasteiger charge is -2.08. The van der Waals surface area contributed by atoms with Crippen LogP contribution >= 0.6 is 0 Å². The predicted molar refractivity (Wildman–Crippen MR) is 83.2 cm³/mol. The maximum atomic E-state index is 4.38. The highest BCUT2D eigenvalue weighted by Crippen LogP contribution is 2.25. The van der Waals surface area contributed by atoms with E-state index in [4.69, 9.17) is 0 Å². The molecule has 2 rings (SSSR count).